The van der Waals surface area contributed by atoms with Crippen LogP contribution >= 0.6 is 0 Å². The highest BCUT2D eigenvalue weighted by Gasteiger charge is 2.17. The SMILES string of the molecule is CCC(CCO)NCC(O)COC1CCCC1. The van der Waals surface area contributed by atoms with Gasteiger partial charge in [0, 0.05) is 19.2 Å². The van der Waals surface area contributed by atoms with Crippen molar-refractivity contribution < 1.29 is 14.9 Å². The Labute approximate surface area is 104 Å². The molecule has 2 unspecified atom stereocenters. The van der Waals surface area contributed by atoms with Gasteiger partial charge in [0.1, 0.15) is 0 Å². The molecule has 0 aromatic rings. The summed E-state index contributed by atoms with van der Waals surface area (Å²) in [5.74, 6) is 0. The van der Waals surface area contributed by atoms with Crippen molar-refractivity contribution in [2.45, 2.75) is 63.7 Å². The molecule has 17 heavy (non-hydrogen) atoms. The molecule has 0 saturated heterocycles. The summed E-state index contributed by atoms with van der Waals surface area (Å²) in [6.45, 7) is 3.24. The Morgan fingerprint density at radius 2 is 2.06 bits per heavy atom. The summed E-state index contributed by atoms with van der Waals surface area (Å²) in [4.78, 5) is 0. The molecule has 3 N–H and O–H groups in total. The third-order valence-corrected chi connectivity index (χ3v) is 3.44. The van der Waals surface area contributed by atoms with Gasteiger partial charge in [-0.15, -0.1) is 0 Å². The maximum atomic E-state index is 9.77. The maximum absolute atomic E-state index is 9.77. The molecular weight excluding hydrogens is 218 g/mol. The Morgan fingerprint density at radius 1 is 1.35 bits per heavy atom. The van der Waals surface area contributed by atoms with E-state index >= 15 is 0 Å². The first-order valence-electron chi connectivity index (χ1n) is 6.90. The summed E-state index contributed by atoms with van der Waals surface area (Å²) in [6, 6.07) is 0.293. The van der Waals surface area contributed by atoms with Crippen molar-refractivity contribution in [2.24, 2.45) is 0 Å². The third kappa shape index (κ3) is 6.36. The number of rotatable bonds is 9. The summed E-state index contributed by atoms with van der Waals surface area (Å²) in [7, 11) is 0. The highest BCUT2D eigenvalue weighted by atomic mass is 16.5. The van der Waals surface area contributed by atoms with Gasteiger partial charge in [-0.1, -0.05) is 19.8 Å². The molecule has 1 fully saturated rings. The van der Waals surface area contributed by atoms with E-state index in [-0.39, 0.29) is 6.61 Å². The van der Waals surface area contributed by atoms with E-state index < -0.39 is 6.10 Å². The van der Waals surface area contributed by atoms with Gasteiger partial charge < -0.3 is 20.3 Å². The fourth-order valence-electron chi connectivity index (χ4n) is 2.27. The van der Waals surface area contributed by atoms with Crippen molar-refractivity contribution in [3.63, 3.8) is 0 Å². The average molecular weight is 245 g/mol. The fraction of sp³-hybridized carbons (Fsp3) is 1.00. The number of aliphatic hydroxyl groups excluding tert-OH is 2. The van der Waals surface area contributed by atoms with Crippen molar-refractivity contribution >= 4 is 0 Å². The van der Waals surface area contributed by atoms with Crippen LogP contribution in [-0.2, 0) is 4.74 Å². The predicted octanol–water partition coefficient (Wildman–Crippen LogP) is 1.06. The van der Waals surface area contributed by atoms with Gasteiger partial charge in [-0.2, -0.15) is 0 Å². The van der Waals surface area contributed by atoms with Crippen molar-refractivity contribution in [1.82, 2.24) is 5.32 Å². The number of aliphatic hydroxyl groups is 2. The summed E-state index contributed by atoms with van der Waals surface area (Å²) in [5.41, 5.74) is 0. The first-order valence-corrected chi connectivity index (χ1v) is 6.90. The molecule has 0 spiro atoms. The summed E-state index contributed by atoms with van der Waals surface area (Å²) >= 11 is 0. The van der Waals surface area contributed by atoms with Crippen LogP contribution in [0.4, 0.5) is 0 Å². The molecule has 1 aliphatic carbocycles. The zero-order valence-electron chi connectivity index (χ0n) is 10.9. The van der Waals surface area contributed by atoms with E-state index in [1.165, 1.54) is 12.8 Å². The van der Waals surface area contributed by atoms with Crippen LogP contribution in [-0.4, -0.2) is 48.2 Å². The predicted molar refractivity (Wildman–Crippen MR) is 68.0 cm³/mol. The summed E-state index contributed by atoms with van der Waals surface area (Å²) < 4.78 is 5.65. The second kappa shape index (κ2) is 8.86. The van der Waals surface area contributed by atoms with Crippen LogP contribution in [0, 0.1) is 0 Å². The Hall–Kier alpha value is -0.160. The van der Waals surface area contributed by atoms with Crippen LogP contribution in [0.25, 0.3) is 0 Å². The van der Waals surface area contributed by atoms with Gasteiger partial charge in [0.2, 0.25) is 0 Å². The maximum Gasteiger partial charge on any atom is 0.0897 e. The second-order valence-electron chi connectivity index (χ2n) is 4.92. The van der Waals surface area contributed by atoms with Gasteiger partial charge in [0.05, 0.1) is 18.8 Å². The first kappa shape index (κ1) is 14.9. The molecular formula is C13H27NO3. The smallest absolute Gasteiger partial charge is 0.0897 e. The van der Waals surface area contributed by atoms with Crippen LogP contribution in [0.15, 0.2) is 0 Å². The first-order chi connectivity index (χ1) is 8.26. The number of ether oxygens (including phenoxy) is 1. The number of hydrogen-bond acceptors (Lipinski definition) is 4. The van der Waals surface area contributed by atoms with E-state index in [4.69, 9.17) is 9.84 Å². The van der Waals surface area contributed by atoms with Gasteiger partial charge in [0.25, 0.3) is 0 Å². The van der Waals surface area contributed by atoms with E-state index in [2.05, 4.69) is 12.2 Å². The van der Waals surface area contributed by atoms with E-state index in [9.17, 15) is 5.11 Å². The van der Waals surface area contributed by atoms with E-state index in [1.54, 1.807) is 0 Å². The third-order valence-electron chi connectivity index (χ3n) is 3.44. The van der Waals surface area contributed by atoms with Gasteiger partial charge >= 0.3 is 0 Å². The molecule has 1 aliphatic rings. The molecule has 1 saturated carbocycles. The van der Waals surface area contributed by atoms with Crippen molar-refractivity contribution in [3.05, 3.63) is 0 Å². The number of nitrogens with one attached hydrogen (secondary N) is 1. The van der Waals surface area contributed by atoms with Crippen molar-refractivity contribution in [3.8, 4) is 0 Å². The zero-order chi connectivity index (χ0) is 12.5. The minimum absolute atomic E-state index is 0.195. The van der Waals surface area contributed by atoms with Crippen LogP contribution in [0.2, 0.25) is 0 Å². The highest BCUT2D eigenvalue weighted by Crippen LogP contribution is 2.20. The normalized spacial score (nSPS) is 20.6. The Morgan fingerprint density at radius 3 is 2.65 bits per heavy atom. The summed E-state index contributed by atoms with van der Waals surface area (Å²) in [6.07, 6.45) is 6.43. The zero-order valence-corrected chi connectivity index (χ0v) is 10.9. The molecule has 0 radical (unpaired) electrons. The van der Waals surface area contributed by atoms with E-state index in [0.717, 1.165) is 25.7 Å². The lowest BCUT2D eigenvalue weighted by Crippen LogP contribution is -2.38. The molecule has 0 bridgehead atoms. The standard InChI is InChI=1S/C13H27NO3/c1-2-11(7-8-15)14-9-12(16)10-17-13-5-3-4-6-13/h11-16H,2-10H2,1H3. The minimum Gasteiger partial charge on any atom is -0.396 e. The van der Waals surface area contributed by atoms with Crippen LogP contribution in [0.5, 0.6) is 0 Å². The van der Waals surface area contributed by atoms with Crippen molar-refractivity contribution in [2.75, 3.05) is 19.8 Å². The lowest BCUT2D eigenvalue weighted by molar-refractivity contribution is -0.00647. The second-order valence-corrected chi connectivity index (χ2v) is 4.92. The monoisotopic (exact) mass is 245 g/mol. The molecule has 2 atom stereocenters. The molecule has 4 nitrogen and oxygen atoms in total. The molecule has 0 aromatic carbocycles. The van der Waals surface area contributed by atoms with Crippen LogP contribution in [0.3, 0.4) is 0 Å². The molecule has 4 heteroatoms. The molecule has 1 rings (SSSR count). The van der Waals surface area contributed by atoms with Gasteiger partial charge in [-0.05, 0) is 25.7 Å². The molecule has 0 aromatic heterocycles. The van der Waals surface area contributed by atoms with Gasteiger partial charge in [0.15, 0.2) is 0 Å². The van der Waals surface area contributed by atoms with Crippen LogP contribution in [0.1, 0.15) is 45.4 Å². The van der Waals surface area contributed by atoms with E-state index in [1.807, 2.05) is 0 Å². The highest BCUT2D eigenvalue weighted by molar-refractivity contribution is 4.70. The van der Waals surface area contributed by atoms with Crippen molar-refractivity contribution in [1.29, 1.82) is 0 Å². The lowest BCUT2D eigenvalue weighted by atomic mass is 10.1. The quantitative estimate of drug-likeness (QED) is 0.568. The molecule has 0 aliphatic heterocycles. The topological polar surface area (TPSA) is 61.7 Å². The molecule has 102 valence electrons. The Bertz CT molecular complexity index is 184. The lowest BCUT2D eigenvalue weighted by Gasteiger charge is -2.20. The largest absolute Gasteiger partial charge is 0.396 e. The summed E-state index contributed by atoms with van der Waals surface area (Å²) in [5, 5.41) is 21.9. The Kier molecular flexibility index (Phi) is 7.77. The fourth-order valence-corrected chi connectivity index (χ4v) is 2.27. The minimum atomic E-state index is -0.441. The average Bonchev–Trinajstić information content (AvgIpc) is 2.85. The number of hydrogen-bond donors (Lipinski definition) is 3. The van der Waals surface area contributed by atoms with Gasteiger partial charge in [-0.3, -0.25) is 0 Å². The molecule has 0 amide bonds. The van der Waals surface area contributed by atoms with E-state index in [0.29, 0.717) is 25.3 Å². The van der Waals surface area contributed by atoms with Gasteiger partial charge in [-0.25, -0.2) is 0 Å². The van der Waals surface area contributed by atoms with Crippen LogP contribution < -0.4 is 5.32 Å². The molecule has 0 heterocycles. The Balaban J connectivity index is 2.04.